The van der Waals surface area contributed by atoms with Crippen molar-refractivity contribution in [1.29, 1.82) is 0 Å². The molecule has 0 saturated heterocycles. The Morgan fingerprint density at radius 2 is 2.06 bits per heavy atom. The second-order valence-corrected chi connectivity index (χ2v) is 4.66. The molecule has 1 aromatic carbocycles. The molecule has 2 N–H and O–H groups in total. The molecule has 1 atom stereocenters. The Kier molecular flexibility index (Phi) is 3.99. The molecular formula is C13H17ClN4. The van der Waals surface area contributed by atoms with Crippen LogP contribution in [0.2, 0.25) is 5.02 Å². The molecule has 1 aromatic heterocycles. The van der Waals surface area contributed by atoms with Crippen molar-refractivity contribution in [2.24, 2.45) is 5.73 Å². The van der Waals surface area contributed by atoms with Crippen LogP contribution in [0.1, 0.15) is 36.6 Å². The third-order valence-electron chi connectivity index (χ3n) is 2.93. The van der Waals surface area contributed by atoms with E-state index in [1.165, 1.54) is 0 Å². The molecule has 0 aliphatic heterocycles. The zero-order valence-corrected chi connectivity index (χ0v) is 11.4. The van der Waals surface area contributed by atoms with Gasteiger partial charge in [0.25, 0.3) is 0 Å². The molecule has 0 fully saturated rings. The van der Waals surface area contributed by atoms with Gasteiger partial charge in [0.15, 0.2) is 5.82 Å². The molecule has 2 aromatic rings. The number of nitrogens with two attached hydrogens (primary N) is 1. The first-order valence-electron chi connectivity index (χ1n) is 6.04. The summed E-state index contributed by atoms with van der Waals surface area (Å²) in [6.07, 6.45) is 1.02. The number of aryl methyl sites for hydroxylation is 1. The fraction of sp³-hybridized carbons (Fsp3) is 0.385. The summed E-state index contributed by atoms with van der Waals surface area (Å²) >= 11 is 6.17. The van der Waals surface area contributed by atoms with Gasteiger partial charge in [-0.2, -0.15) is 0 Å². The minimum atomic E-state index is -0.341. The third kappa shape index (κ3) is 2.40. The van der Waals surface area contributed by atoms with E-state index in [2.05, 4.69) is 17.1 Å². The Balaban J connectivity index is 2.40. The lowest BCUT2D eigenvalue weighted by Crippen LogP contribution is -2.19. The van der Waals surface area contributed by atoms with Gasteiger partial charge in [-0.15, -0.1) is 10.2 Å². The standard InChI is InChI=1S/C13H17ClN4/c1-3-8-18-9(2)16-17-13(18)12(15)10-6-4-5-7-11(10)14/h4-7,12H,3,8,15H2,1-2H3/t12-/m1/s1. The lowest BCUT2D eigenvalue weighted by Gasteiger charge is -2.15. The summed E-state index contributed by atoms with van der Waals surface area (Å²) in [5.74, 6) is 1.65. The normalized spacial score (nSPS) is 12.7. The highest BCUT2D eigenvalue weighted by atomic mass is 35.5. The average Bonchev–Trinajstić information content (AvgIpc) is 2.72. The highest BCUT2D eigenvalue weighted by Crippen LogP contribution is 2.25. The van der Waals surface area contributed by atoms with Gasteiger partial charge >= 0.3 is 0 Å². The summed E-state index contributed by atoms with van der Waals surface area (Å²) < 4.78 is 2.05. The van der Waals surface area contributed by atoms with Gasteiger partial charge in [0.05, 0.1) is 6.04 Å². The van der Waals surface area contributed by atoms with Crippen molar-refractivity contribution >= 4 is 11.6 Å². The molecule has 5 heteroatoms. The molecule has 0 spiro atoms. The second-order valence-electron chi connectivity index (χ2n) is 4.26. The predicted octanol–water partition coefficient (Wildman–Crippen LogP) is 2.70. The van der Waals surface area contributed by atoms with Gasteiger partial charge in [0, 0.05) is 11.6 Å². The summed E-state index contributed by atoms with van der Waals surface area (Å²) in [6.45, 7) is 4.92. The van der Waals surface area contributed by atoms with Crippen LogP contribution in [0.3, 0.4) is 0 Å². The lowest BCUT2D eigenvalue weighted by atomic mass is 10.1. The molecule has 18 heavy (non-hydrogen) atoms. The predicted molar refractivity (Wildman–Crippen MR) is 72.5 cm³/mol. The maximum Gasteiger partial charge on any atom is 0.154 e. The Bertz CT molecular complexity index is 536. The first-order chi connectivity index (χ1) is 8.65. The number of hydrogen-bond donors (Lipinski definition) is 1. The average molecular weight is 265 g/mol. The molecule has 0 saturated carbocycles. The maximum atomic E-state index is 6.25. The number of benzene rings is 1. The van der Waals surface area contributed by atoms with Crippen LogP contribution in [-0.2, 0) is 6.54 Å². The van der Waals surface area contributed by atoms with E-state index in [4.69, 9.17) is 17.3 Å². The van der Waals surface area contributed by atoms with Gasteiger partial charge in [0.2, 0.25) is 0 Å². The molecular weight excluding hydrogens is 248 g/mol. The maximum absolute atomic E-state index is 6.25. The third-order valence-corrected chi connectivity index (χ3v) is 3.27. The van der Waals surface area contributed by atoms with Gasteiger partial charge in [-0.1, -0.05) is 36.7 Å². The Hall–Kier alpha value is -1.39. The molecule has 0 unspecified atom stereocenters. The molecule has 0 radical (unpaired) electrons. The van der Waals surface area contributed by atoms with Crippen molar-refractivity contribution < 1.29 is 0 Å². The van der Waals surface area contributed by atoms with E-state index in [0.717, 1.165) is 30.2 Å². The van der Waals surface area contributed by atoms with Gasteiger partial charge < -0.3 is 10.3 Å². The zero-order chi connectivity index (χ0) is 13.1. The van der Waals surface area contributed by atoms with Gasteiger partial charge in [-0.05, 0) is 25.0 Å². The van der Waals surface area contributed by atoms with Crippen LogP contribution in [0.4, 0.5) is 0 Å². The number of halogens is 1. The molecule has 96 valence electrons. The minimum Gasteiger partial charge on any atom is -0.318 e. The SMILES string of the molecule is CCCn1c(C)nnc1[C@H](N)c1ccccc1Cl. The van der Waals surface area contributed by atoms with Crippen LogP contribution in [0, 0.1) is 6.92 Å². The number of aromatic nitrogens is 3. The van der Waals surface area contributed by atoms with Crippen molar-refractivity contribution in [3.8, 4) is 0 Å². The van der Waals surface area contributed by atoms with Crippen molar-refractivity contribution in [2.45, 2.75) is 32.9 Å². The topological polar surface area (TPSA) is 56.7 Å². The summed E-state index contributed by atoms with van der Waals surface area (Å²) in [5, 5.41) is 8.94. The van der Waals surface area contributed by atoms with Crippen LogP contribution in [-0.4, -0.2) is 14.8 Å². The summed E-state index contributed by atoms with van der Waals surface area (Å²) in [5.41, 5.74) is 7.13. The van der Waals surface area contributed by atoms with Crippen LogP contribution < -0.4 is 5.73 Å². The number of nitrogens with zero attached hydrogens (tertiary/aromatic N) is 3. The Morgan fingerprint density at radius 3 is 2.72 bits per heavy atom. The highest BCUT2D eigenvalue weighted by Gasteiger charge is 2.19. The van der Waals surface area contributed by atoms with E-state index in [1.807, 2.05) is 35.8 Å². The first kappa shape index (κ1) is 13.1. The summed E-state index contributed by atoms with van der Waals surface area (Å²) in [6, 6.07) is 7.23. The van der Waals surface area contributed by atoms with E-state index < -0.39 is 0 Å². The molecule has 1 heterocycles. The highest BCUT2D eigenvalue weighted by molar-refractivity contribution is 6.31. The van der Waals surface area contributed by atoms with E-state index in [-0.39, 0.29) is 6.04 Å². The smallest absolute Gasteiger partial charge is 0.154 e. The summed E-state index contributed by atoms with van der Waals surface area (Å²) in [4.78, 5) is 0. The molecule has 0 aliphatic carbocycles. The molecule has 4 nitrogen and oxygen atoms in total. The Morgan fingerprint density at radius 1 is 1.33 bits per heavy atom. The van der Waals surface area contributed by atoms with Gasteiger partial charge in [-0.25, -0.2) is 0 Å². The monoisotopic (exact) mass is 264 g/mol. The van der Waals surface area contributed by atoms with Gasteiger partial charge in [-0.3, -0.25) is 0 Å². The zero-order valence-electron chi connectivity index (χ0n) is 10.6. The van der Waals surface area contributed by atoms with E-state index in [0.29, 0.717) is 5.02 Å². The quantitative estimate of drug-likeness (QED) is 0.924. The molecule has 0 bridgehead atoms. The van der Waals surface area contributed by atoms with E-state index >= 15 is 0 Å². The molecule has 0 aliphatic rings. The van der Waals surface area contributed by atoms with Crippen LogP contribution in [0.15, 0.2) is 24.3 Å². The lowest BCUT2D eigenvalue weighted by molar-refractivity contribution is 0.600. The fourth-order valence-electron chi connectivity index (χ4n) is 1.99. The van der Waals surface area contributed by atoms with Crippen molar-refractivity contribution in [2.75, 3.05) is 0 Å². The largest absolute Gasteiger partial charge is 0.318 e. The summed E-state index contributed by atoms with van der Waals surface area (Å²) in [7, 11) is 0. The fourth-order valence-corrected chi connectivity index (χ4v) is 2.25. The van der Waals surface area contributed by atoms with Crippen molar-refractivity contribution in [1.82, 2.24) is 14.8 Å². The first-order valence-corrected chi connectivity index (χ1v) is 6.42. The number of rotatable bonds is 4. The minimum absolute atomic E-state index is 0.341. The van der Waals surface area contributed by atoms with Gasteiger partial charge in [0.1, 0.15) is 5.82 Å². The van der Waals surface area contributed by atoms with E-state index in [1.54, 1.807) is 0 Å². The molecule has 0 amide bonds. The van der Waals surface area contributed by atoms with Crippen LogP contribution in [0.25, 0.3) is 0 Å². The second kappa shape index (κ2) is 5.50. The Labute approximate surface area is 112 Å². The molecule has 2 rings (SSSR count). The van der Waals surface area contributed by atoms with Crippen molar-refractivity contribution in [3.63, 3.8) is 0 Å². The van der Waals surface area contributed by atoms with Crippen LogP contribution >= 0.6 is 11.6 Å². The van der Waals surface area contributed by atoms with E-state index in [9.17, 15) is 0 Å². The number of hydrogen-bond acceptors (Lipinski definition) is 3. The van der Waals surface area contributed by atoms with Crippen LogP contribution in [0.5, 0.6) is 0 Å². The van der Waals surface area contributed by atoms with Crippen molar-refractivity contribution in [3.05, 3.63) is 46.5 Å².